The average Bonchev–Trinajstić information content (AvgIpc) is 2.01. The molecular weight excluding hydrogens is 206 g/mol. The molecule has 0 amide bonds. The lowest BCUT2D eigenvalue weighted by molar-refractivity contribution is 0.417. The van der Waals surface area contributed by atoms with Crippen LogP contribution < -0.4 is 20.3 Å². The summed E-state index contributed by atoms with van der Waals surface area (Å²) in [6.45, 7) is 0. The average molecular weight is 217 g/mol. The van der Waals surface area contributed by atoms with Crippen LogP contribution in [0.4, 0.5) is 11.4 Å². The molecule has 0 aromatic heterocycles. The highest BCUT2D eigenvalue weighted by atomic mass is 32.2. The van der Waals surface area contributed by atoms with Gasteiger partial charge < -0.3 is 10.5 Å². The smallest absolute Gasteiger partial charge is 0.296 e. The molecule has 6 nitrogen and oxygen atoms in total. The molecule has 0 bridgehead atoms. The first kappa shape index (κ1) is 10.6. The SMILES string of the molecule is COc1ccc(N)cc1NS(N)(=O)=O. The summed E-state index contributed by atoms with van der Waals surface area (Å²) in [7, 11) is -2.40. The fraction of sp³-hybridized carbons (Fsp3) is 0.143. The molecule has 14 heavy (non-hydrogen) atoms. The molecule has 0 aliphatic carbocycles. The summed E-state index contributed by atoms with van der Waals surface area (Å²) in [5, 5.41) is 4.81. The molecule has 5 N–H and O–H groups in total. The number of ether oxygens (including phenoxy) is 1. The molecule has 0 aliphatic heterocycles. The van der Waals surface area contributed by atoms with Crippen LogP contribution in [-0.2, 0) is 10.2 Å². The van der Waals surface area contributed by atoms with Crippen molar-refractivity contribution in [2.45, 2.75) is 0 Å². The fourth-order valence-electron chi connectivity index (χ4n) is 0.959. The Morgan fingerprint density at radius 2 is 2.07 bits per heavy atom. The van der Waals surface area contributed by atoms with Crippen molar-refractivity contribution in [3.8, 4) is 5.75 Å². The van der Waals surface area contributed by atoms with E-state index < -0.39 is 10.2 Å². The summed E-state index contributed by atoms with van der Waals surface area (Å²) in [6.07, 6.45) is 0. The molecule has 78 valence electrons. The Labute approximate surface area is 82.0 Å². The van der Waals surface area contributed by atoms with E-state index in [1.807, 2.05) is 0 Å². The van der Waals surface area contributed by atoms with E-state index in [0.29, 0.717) is 11.4 Å². The first-order valence-corrected chi connectivity index (χ1v) is 5.21. The van der Waals surface area contributed by atoms with E-state index in [0.717, 1.165) is 0 Å². The van der Waals surface area contributed by atoms with Crippen molar-refractivity contribution in [2.75, 3.05) is 17.6 Å². The normalized spacial score (nSPS) is 11.0. The van der Waals surface area contributed by atoms with E-state index in [1.165, 1.54) is 13.2 Å². The number of rotatable bonds is 3. The minimum Gasteiger partial charge on any atom is -0.495 e. The van der Waals surface area contributed by atoms with Crippen molar-refractivity contribution < 1.29 is 13.2 Å². The maximum absolute atomic E-state index is 10.8. The second-order valence-electron chi connectivity index (χ2n) is 2.61. The van der Waals surface area contributed by atoms with Gasteiger partial charge >= 0.3 is 0 Å². The Bertz CT molecular complexity index is 430. The molecule has 1 aromatic rings. The van der Waals surface area contributed by atoms with Gasteiger partial charge in [-0.2, -0.15) is 8.42 Å². The number of nitrogens with one attached hydrogen (secondary N) is 1. The molecule has 0 atom stereocenters. The highest BCUT2D eigenvalue weighted by molar-refractivity contribution is 7.90. The monoisotopic (exact) mass is 217 g/mol. The molecule has 0 heterocycles. The van der Waals surface area contributed by atoms with Crippen molar-refractivity contribution in [3.05, 3.63) is 18.2 Å². The Morgan fingerprint density at radius 1 is 1.43 bits per heavy atom. The molecule has 1 rings (SSSR count). The Hall–Kier alpha value is -1.47. The van der Waals surface area contributed by atoms with Gasteiger partial charge in [0.25, 0.3) is 10.2 Å². The zero-order valence-electron chi connectivity index (χ0n) is 7.52. The molecular formula is C7H11N3O3S. The van der Waals surface area contributed by atoms with Gasteiger partial charge in [-0.25, -0.2) is 5.14 Å². The standard InChI is InChI=1S/C7H11N3O3S/c1-13-7-3-2-5(8)4-6(7)10-14(9,11)12/h2-4,10H,8H2,1H3,(H2,9,11,12). The van der Waals surface area contributed by atoms with Gasteiger partial charge in [-0.05, 0) is 18.2 Å². The number of nitrogen functional groups attached to an aromatic ring is 1. The zero-order chi connectivity index (χ0) is 10.8. The van der Waals surface area contributed by atoms with Crippen LogP contribution in [0.1, 0.15) is 0 Å². The lowest BCUT2D eigenvalue weighted by Crippen LogP contribution is -2.22. The summed E-state index contributed by atoms with van der Waals surface area (Å²) < 4.78 is 28.5. The third kappa shape index (κ3) is 2.79. The van der Waals surface area contributed by atoms with Crippen LogP contribution in [0.15, 0.2) is 18.2 Å². The van der Waals surface area contributed by atoms with Crippen LogP contribution in [0.5, 0.6) is 5.75 Å². The second kappa shape index (κ2) is 3.72. The molecule has 0 unspecified atom stereocenters. The predicted octanol–water partition coefficient (Wildman–Crippen LogP) is -0.107. The first-order chi connectivity index (χ1) is 6.42. The van der Waals surface area contributed by atoms with Crippen LogP contribution in [0.3, 0.4) is 0 Å². The van der Waals surface area contributed by atoms with Crippen molar-refractivity contribution in [2.24, 2.45) is 5.14 Å². The number of nitrogens with two attached hydrogens (primary N) is 2. The van der Waals surface area contributed by atoms with E-state index in [-0.39, 0.29) is 5.69 Å². The Kier molecular flexibility index (Phi) is 2.82. The number of benzene rings is 1. The summed E-state index contributed by atoms with van der Waals surface area (Å²) >= 11 is 0. The number of hydrogen-bond donors (Lipinski definition) is 3. The van der Waals surface area contributed by atoms with Crippen molar-refractivity contribution in [1.82, 2.24) is 0 Å². The second-order valence-corrected chi connectivity index (χ2v) is 3.90. The van der Waals surface area contributed by atoms with Gasteiger partial charge in [0, 0.05) is 5.69 Å². The van der Waals surface area contributed by atoms with Crippen LogP contribution in [0.25, 0.3) is 0 Å². The van der Waals surface area contributed by atoms with E-state index in [4.69, 9.17) is 15.6 Å². The minimum absolute atomic E-state index is 0.218. The number of hydrogen-bond acceptors (Lipinski definition) is 4. The van der Waals surface area contributed by atoms with Crippen LogP contribution in [-0.4, -0.2) is 15.5 Å². The van der Waals surface area contributed by atoms with Crippen molar-refractivity contribution in [3.63, 3.8) is 0 Å². The zero-order valence-corrected chi connectivity index (χ0v) is 8.34. The van der Waals surface area contributed by atoms with Gasteiger partial charge in [0.1, 0.15) is 5.75 Å². The molecule has 0 radical (unpaired) electrons. The molecule has 7 heteroatoms. The van der Waals surface area contributed by atoms with E-state index in [9.17, 15) is 8.42 Å². The van der Waals surface area contributed by atoms with Crippen molar-refractivity contribution in [1.29, 1.82) is 0 Å². The van der Waals surface area contributed by atoms with Crippen molar-refractivity contribution >= 4 is 21.6 Å². The van der Waals surface area contributed by atoms with Crippen LogP contribution >= 0.6 is 0 Å². The Balaban J connectivity index is 3.11. The van der Waals surface area contributed by atoms with Gasteiger partial charge in [-0.3, -0.25) is 4.72 Å². The maximum Gasteiger partial charge on any atom is 0.296 e. The third-order valence-corrected chi connectivity index (χ3v) is 1.98. The molecule has 0 fully saturated rings. The summed E-state index contributed by atoms with van der Waals surface area (Å²) in [4.78, 5) is 0. The maximum atomic E-state index is 10.8. The van der Waals surface area contributed by atoms with E-state index in [1.54, 1.807) is 12.1 Å². The molecule has 0 aliphatic rings. The van der Waals surface area contributed by atoms with Gasteiger partial charge in [-0.1, -0.05) is 0 Å². The minimum atomic E-state index is -3.81. The summed E-state index contributed by atoms with van der Waals surface area (Å²) in [6, 6.07) is 4.55. The Morgan fingerprint density at radius 3 is 2.57 bits per heavy atom. The third-order valence-electron chi connectivity index (χ3n) is 1.48. The summed E-state index contributed by atoms with van der Waals surface area (Å²) in [5.41, 5.74) is 6.10. The summed E-state index contributed by atoms with van der Waals surface area (Å²) in [5.74, 6) is 0.355. The van der Waals surface area contributed by atoms with Crippen LogP contribution in [0, 0.1) is 0 Å². The topological polar surface area (TPSA) is 107 Å². The highest BCUT2D eigenvalue weighted by Gasteiger charge is 2.08. The molecule has 0 spiro atoms. The molecule has 0 saturated heterocycles. The highest BCUT2D eigenvalue weighted by Crippen LogP contribution is 2.26. The van der Waals surface area contributed by atoms with Gasteiger partial charge in [0.2, 0.25) is 0 Å². The van der Waals surface area contributed by atoms with Gasteiger partial charge in [-0.15, -0.1) is 0 Å². The fourth-order valence-corrected chi connectivity index (χ4v) is 1.42. The van der Waals surface area contributed by atoms with E-state index >= 15 is 0 Å². The van der Waals surface area contributed by atoms with Gasteiger partial charge in [0.05, 0.1) is 12.8 Å². The quantitative estimate of drug-likeness (QED) is 0.614. The largest absolute Gasteiger partial charge is 0.495 e. The predicted molar refractivity (Wildman–Crippen MR) is 54.1 cm³/mol. The molecule has 1 aromatic carbocycles. The number of anilines is 2. The lowest BCUT2D eigenvalue weighted by Gasteiger charge is -2.09. The van der Waals surface area contributed by atoms with Gasteiger partial charge in [0.15, 0.2) is 0 Å². The van der Waals surface area contributed by atoms with E-state index in [2.05, 4.69) is 4.72 Å². The van der Waals surface area contributed by atoms with Crippen LogP contribution in [0.2, 0.25) is 0 Å². The lowest BCUT2D eigenvalue weighted by atomic mass is 10.2. The molecule has 0 saturated carbocycles. The first-order valence-electron chi connectivity index (χ1n) is 3.66. The number of methoxy groups -OCH3 is 1.